The Bertz CT molecular complexity index is 1260. The van der Waals surface area contributed by atoms with Crippen LogP contribution in [0.4, 0.5) is 0 Å². The Balaban J connectivity index is 1.59. The maximum atomic E-state index is 13.6. The van der Waals surface area contributed by atoms with Gasteiger partial charge in [0.25, 0.3) is 5.91 Å². The van der Waals surface area contributed by atoms with Crippen molar-refractivity contribution in [1.29, 1.82) is 0 Å². The van der Waals surface area contributed by atoms with Crippen LogP contribution in [0.5, 0.6) is 5.75 Å². The van der Waals surface area contributed by atoms with Crippen LogP contribution in [-0.4, -0.2) is 70.1 Å². The van der Waals surface area contributed by atoms with E-state index in [0.717, 1.165) is 47.9 Å². The van der Waals surface area contributed by atoms with Crippen LogP contribution in [0.2, 0.25) is 0 Å². The molecule has 1 amide bonds. The van der Waals surface area contributed by atoms with Crippen molar-refractivity contribution in [2.45, 2.75) is 6.92 Å². The van der Waals surface area contributed by atoms with E-state index in [0.29, 0.717) is 24.4 Å². The van der Waals surface area contributed by atoms with E-state index in [2.05, 4.69) is 11.8 Å². The first-order valence-electron chi connectivity index (χ1n) is 11.3. The van der Waals surface area contributed by atoms with Gasteiger partial charge in [-0.3, -0.25) is 4.79 Å². The number of fused-ring (bicyclic) bond motifs is 1. The van der Waals surface area contributed by atoms with Gasteiger partial charge in [-0.15, -0.1) is 0 Å². The van der Waals surface area contributed by atoms with E-state index in [4.69, 9.17) is 14.8 Å². The van der Waals surface area contributed by atoms with Crippen LogP contribution in [-0.2, 0) is 0 Å². The molecule has 1 aliphatic heterocycles. The second kappa shape index (κ2) is 9.03. The van der Waals surface area contributed by atoms with Crippen molar-refractivity contribution in [1.82, 2.24) is 24.4 Å². The number of nitrogens with zero attached hydrogens (tertiary/aromatic N) is 5. The van der Waals surface area contributed by atoms with Crippen molar-refractivity contribution in [3.63, 3.8) is 0 Å². The summed E-state index contributed by atoms with van der Waals surface area (Å²) in [5.41, 5.74) is 4.62. The molecular weight excluding hydrogens is 414 g/mol. The van der Waals surface area contributed by atoms with E-state index in [9.17, 15) is 4.79 Å². The summed E-state index contributed by atoms with van der Waals surface area (Å²) < 4.78 is 6.97. The summed E-state index contributed by atoms with van der Waals surface area (Å²) in [5, 5.41) is 4.77. The molecule has 1 saturated heterocycles. The smallest absolute Gasteiger partial charge is 0.272 e. The van der Waals surface area contributed by atoms with Crippen molar-refractivity contribution < 1.29 is 9.53 Å². The number of aromatic nitrogens is 3. The molecule has 1 aliphatic rings. The Kier molecular flexibility index (Phi) is 5.79. The highest BCUT2D eigenvalue weighted by atomic mass is 16.5. The molecule has 1 fully saturated rings. The molecule has 7 nitrogen and oxygen atoms in total. The molecule has 168 valence electrons. The summed E-state index contributed by atoms with van der Waals surface area (Å²) in [4.78, 5) is 22.8. The lowest BCUT2D eigenvalue weighted by Gasteiger charge is -2.34. The fourth-order valence-corrected chi connectivity index (χ4v) is 4.22. The van der Waals surface area contributed by atoms with Gasteiger partial charge in [0, 0.05) is 43.4 Å². The molecule has 0 N–H and O–H groups in total. The molecule has 0 atom stereocenters. The van der Waals surface area contributed by atoms with Crippen LogP contribution in [0.15, 0.2) is 66.7 Å². The van der Waals surface area contributed by atoms with Crippen molar-refractivity contribution in [3.05, 3.63) is 72.4 Å². The monoisotopic (exact) mass is 441 g/mol. The van der Waals surface area contributed by atoms with Crippen LogP contribution in [0.25, 0.3) is 28.2 Å². The fourth-order valence-electron chi connectivity index (χ4n) is 4.22. The van der Waals surface area contributed by atoms with Gasteiger partial charge in [-0.25, -0.2) is 9.50 Å². The van der Waals surface area contributed by atoms with Crippen LogP contribution in [0, 0.1) is 0 Å². The molecule has 33 heavy (non-hydrogen) atoms. The van der Waals surface area contributed by atoms with Gasteiger partial charge in [-0.05, 0) is 36.9 Å². The van der Waals surface area contributed by atoms with E-state index in [1.165, 1.54) is 0 Å². The minimum Gasteiger partial charge on any atom is -0.497 e. The number of carbonyl (C=O) groups excluding carboxylic acids is 1. The largest absolute Gasteiger partial charge is 0.497 e. The van der Waals surface area contributed by atoms with E-state index >= 15 is 0 Å². The SMILES string of the molecule is CCN1CCN(C(=O)c2cc(-c3ccc(OC)cc3)nc3cc(-c4ccccc4)nn23)CC1. The first-order chi connectivity index (χ1) is 16.2. The normalized spacial score (nSPS) is 14.5. The number of carbonyl (C=O) groups is 1. The van der Waals surface area contributed by atoms with E-state index in [-0.39, 0.29) is 5.91 Å². The second-order valence-electron chi connectivity index (χ2n) is 8.15. The highest BCUT2D eigenvalue weighted by molar-refractivity contribution is 5.94. The molecule has 7 heteroatoms. The zero-order valence-corrected chi connectivity index (χ0v) is 18.9. The predicted molar refractivity (Wildman–Crippen MR) is 128 cm³/mol. The van der Waals surface area contributed by atoms with Gasteiger partial charge in [-0.1, -0.05) is 37.3 Å². The molecule has 4 aromatic rings. The van der Waals surface area contributed by atoms with Gasteiger partial charge >= 0.3 is 0 Å². The minimum atomic E-state index is -0.0179. The first-order valence-corrected chi connectivity index (χ1v) is 11.3. The van der Waals surface area contributed by atoms with Gasteiger partial charge in [0.1, 0.15) is 11.4 Å². The summed E-state index contributed by atoms with van der Waals surface area (Å²) in [5.74, 6) is 0.760. The predicted octanol–water partition coefficient (Wildman–Crippen LogP) is 3.85. The van der Waals surface area contributed by atoms with Crippen molar-refractivity contribution >= 4 is 11.6 Å². The number of methoxy groups -OCH3 is 1. The maximum absolute atomic E-state index is 13.6. The standard InChI is InChI=1S/C26H27N5O2/c1-3-29-13-15-30(16-14-29)26(32)24-17-22(20-9-11-21(33-2)12-10-20)27-25-18-23(28-31(24)25)19-7-5-4-6-8-19/h4-12,17-18H,3,13-16H2,1-2H3. The topological polar surface area (TPSA) is 63.0 Å². The Hall–Kier alpha value is -3.71. The molecule has 0 aliphatic carbocycles. The van der Waals surface area contributed by atoms with Crippen LogP contribution in [0.1, 0.15) is 17.4 Å². The third-order valence-electron chi connectivity index (χ3n) is 6.21. The zero-order chi connectivity index (χ0) is 22.8. The summed E-state index contributed by atoms with van der Waals surface area (Å²) in [7, 11) is 1.64. The Morgan fingerprint density at radius 2 is 1.61 bits per heavy atom. The Morgan fingerprint density at radius 1 is 0.909 bits per heavy atom. The van der Waals surface area contributed by atoms with Gasteiger partial charge in [0.15, 0.2) is 5.65 Å². The second-order valence-corrected chi connectivity index (χ2v) is 8.15. The van der Waals surface area contributed by atoms with Crippen LogP contribution < -0.4 is 4.74 Å². The lowest BCUT2D eigenvalue weighted by Crippen LogP contribution is -2.48. The lowest BCUT2D eigenvalue weighted by molar-refractivity contribution is 0.0634. The summed E-state index contributed by atoms with van der Waals surface area (Å²) in [6.45, 7) is 6.34. The summed E-state index contributed by atoms with van der Waals surface area (Å²) in [6, 6.07) is 21.5. The van der Waals surface area contributed by atoms with Crippen LogP contribution >= 0.6 is 0 Å². The fraction of sp³-hybridized carbons (Fsp3) is 0.269. The molecule has 0 bridgehead atoms. The number of amides is 1. The number of benzene rings is 2. The lowest BCUT2D eigenvalue weighted by atomic mass is 10.1. The molecule has 0 unspecified atom stereocenters. The van der Waals surface area contributed by atoms with Crippen molar-refractivity contribution in [3.8, 4) is 28.3 Å². The van der Waals surface area contributed by atoms with E-state index < -0.39 is 0 Å². The molecule has 5 rings (SSSR count). The molecular formula is C26H27N5O2. The summed E-state index contributed by atoms with van der Waals surface area (Å²) >= 11 is 0. The van der Waals surface area contributed by atoms with E-state index in [1.54, 1.807) is 11.6 Å². The molecule has 3 heterocycles. The highest BCUT2D eigenvalue weighted by Crippen LogP contribution is 2.26. The average molecular weight is 442 g/mol. The minimum absolute atomic E-state index is 0.0179. The van der Waals surface area contributed by atoms with Crippen LogP contribution in [0.3, 0.4) is 0 Å². The molecule has 0 saturated carbocycles. The molecule has 0 spiro atoms. The molecule has 2 aromatic carbocycles. The first kappa shape index (κ1) is 21.2. The maximum Gasteiger partial charge on any atom is 0.272 e. The van der Waals surface area contributed by atoms with Gasteiger partial charge in [-0.2, -0.15) is 5.10 Å². The number of piperazine rings is 1. The number of rotatable bonds is 5. The van der Waals surface area contributed by atoms with Gasteiger partial charge in [0.2, 0.25) is 0 Å². The average Bonchev–Trinajstić information content (AvgIpc) is 3.33. The number of hydrogen-bond acceptors (Lipinski definition) is 5. The third-order valence-corrected chi connectivity index (χ3v) is 6.21. The summed E-state index contributed by atoms with van der Waals surface area (Å²) in [6.07, 6.45) is 0. The van der Waals surface area contributed by atoms with Crippen molar-refractivity contribution in [2.75, 3.05) is 39.8 Å². The Labute approximate surface area is 193 Å². The zero-order valence-electron chi connectivity index (χ0n) is 18.9. The van der Waals surface area contributed by atoms with Gasteiger partial charge < -0.3 is 14.5 Å². The van der Waals surface area contributed by atoms with Crippen molar-refractivity contribution in [2.24, 2.45) is 0 Å². The van der Waals surface area contributed by atoms with Gasteiger partial charge in [0.05, 0.1) is 18.5 Å². The number of hydrogen-bond donors (Lipinski definition) is 0. The molecule has 2 aromatic heterocycles. The third kappa shape index (κ3) is 4.19. The highest BCUT2D eigenvalue weighted by Gasteiger charge is 2.25. The number of likely N-dealkylation sites (N-methyl/N-ethyl adjacent to an activating group) is 1. The molecule has 0 radical (unpaired) electrons. The quantitative estimate of drug-likeness (QED) is 0.471. The Morgan fingerprint density at radius 3 is 2.27 bits per heavy atom. The van der Waals surface area contributed by atoms with E-state index in [1.807, 2.05) is 71.6 Å². The number of ether oxygens (including phenoxy) is 1.